The highest BCUT2D eigenvalue weighted by atomic mass is 16.7. The van der Waals surface area contributed by atoms with E-state index in [1.807, 2.05) is 0 Å². The normalized spacial score (nSPS) is 21.5. The van der Waals surface area contributed by atoms with Crippen LogP contribution in [-0.2, 0) is 0 Å². The van der Waals surface area contributed by atoms with Crippen LogP contribution >= 0.6 is 0 Å². The molecule has 1 spiro atoms. The molecular formula is C10H10O3. The van der Waals surface area contributed by atoms with Gasteiger partial charge < -0.3 is 14.6 Å². The van der Waals surface area contributed by atoms with Crippen LogP contribution in [-0.4, -0.2) is 10.9 Å². The van der Waals surface area contributed by atoms with Crippen molar-refractivity contribution in [1.29, 1.82) is 0 Å². The van der Waals surface area contributed by atoms with Crippen LogP contribution in [0.3, 0.4) is 0 Å². The minimum Gasteiger partial charge on any atom is -0.508 e. The third-order valence-corrected chi connectivity index (χ3v) is 2.63. The van der Waals surface area contributed by atoms with Gasteiger partial charge in [0.05, 0.1) is 0 Å². The van der Waals surface area contributed by atoms with Gasteiger partial charge in [-0.25, -0.2) is 0 Å². The molecular weight excluding hydrogens is 168 g/mol. The maximum absolute atomic E-state index is 9.22. The number of benzene rings is 1. The molecule has 1 aliphatic heterocycles. The third-order valence-electron chi connectivity index (χ3n) is 2.63. The van der Waals surface area contributed by atoms with Crippen LogP contribution in [0.2, 0.25) is 0 Å². The Hall–Kier alpha value is -1.38. The molecule has 1 aromatic rings. The summed E-state index contributed by atoms with van der Waals surface area (Å²) < 4.78 is 11.3. The van der Waals surface area contributed by atoms with Crippen molar-refractivity contribution in [3.63, 3.8) is 0 Å². The molecule has 3 rings (SSSR count). The Morgan fingerprint density at radius 3 is 2.62 bits per heavy atom. The second-order valence-electron chi connectivity index (χ2n) is 3.60. The van der Waals surface area contributed by atoms with Crippen LogP contribution in [0.5, 0.6) is 17.2 Å². The fraction of sp³-hybridized carbons (Fsp3) is 0.400. The molecule has 3 nitrogen and oxygen atoms in total. The van der Waals surface area contributed by atoms with E-state index in [4.69, 9.17) is 9.47 Å². The Balaban J connectivity index is 1.99. The molecule has 13 heavy (non-hydrogen) atoms. The van der Waals surface area contributed by atoms with Gasteiger partial charge in [0.2, 0.25) is 0 Å². The maximum atomic E-state index is 9.22. The second-order valence-corrected chi connectivity index (χ2v) is 3.60. The predicted octanol–water partition coefficient (Wildman–Crippen LogP) is 2.04. The number of fused-ring (bicyclic) bond motifs is 1. The highest BCUT2D eigenvalue weighted by molar-refractivity contribution is 5.47. The molecule has 68 valence electrons. The van der Waals surface area contributed by atoms with E-state index >= 15 is 0 Å². The van der Waals surface area contributed by atoms with Crippen molar-refractivity contribution < 1.29 is 14.6 Å². The van der Waals surface area contributed by atoms with Crippen LogP contribution in [0.1, 0.15) is 19.3 Å². The molecule has 0 atom stereocenters. The van der Waals surface area contributed by atoms with Crippen LogP contribution in [0.15, 0.2) is 18.2 Å². The number of phenols is 1. The maximum Gasteiger partial charge on any atom is 0.251 e. The lowest BCUT2D eigenvalue weighted by atomic mass is 9.91. The largest absolute Gasteiger partial charge is 0.508 e. The number of phenolic OH excluding ortho intramolecular Hbond substituents is 1. The SMILES string of the molecule is Oc1ccc2c(c1)OC1(CCC1)O2. The van der Waals surface area contributed by atoms with E-state index in [9.17, 15) is 5.11 Å². The molecule has 0 aromatic heterocycles. The lowest BCUT2D eigenvalue weighted by Gasteiger charge is -2.35. The summed E-state index contributed by atoms with van der Waals surface area (Å²) in [5, 5.41) is 9.22. The summed E-state index contributed by atoms with van der Waals surface area (Å²) in [6, 6.07) is 4.96. The highest BCUT2D eigenvalue weighted by Crippen LogP contribution is 2.48. The van der Waals surface area contributed by atoms with Gasteiger partial charge in [-0.1, -0.05) is 0 Å². The molecule has 1 aromatic carbocycles. The molecule has 1 saturated carbocycles. The summed E-state index contributed by atoms with van der Waals surface area (Å²) >= 11 is 0. The minimum absolute atomic E-state index is 0.221. The first-order valence-corrected chi connectivity index (χ1v) is 4.49. The third kappa shape index (κ3) is 0.899. The molecule has 0 radical (unpaired) electrons. The Bertz CT molecular complexity index is 355. The van der Waals surface area contributed by atoms with Gasteiger partial charge in [0, 0.05) is 18.9 Å². The summed E-state index contributed by atoms with van der Waals surface area (Å²) in [4.78, 5) is 0. The number of hydrogen-bond acceptors (Lipinski definition) is 3. The predicted molar refractivity (Wildman–Crippen MR) is 45.9 cm³/mol. The molecule has 0 unspecified atom stereocenters. The second kappa shape index (κ2) is 2.10. The average molecular weight is 178 g/mol. The molecule has 0 bridgehead atoms. The summed E-state index contributed by atoms with van der Waals surface area (Å²) in [7, 11) is 0. The minimum atomic E-state index is -0.393. The molecule has 1 N–H and O–H groups in total. The summed E-state index contributed by atoms with van der Waals surface area (Å²) in [5.74, 6) is 1.24. The van der Waals surface area contributed by atoms with Crippen LogP contribution in [0, 0.1) is 0 Å². The zero-order chi connectivity index (χ0) is 8.89. The highest BCUT2D eigenvalue weighted by Gasteiger charge is 2.47. The van der Waals surface area contributed by atoms with Gasteiger partial charge in [0.1, 0.15) is 5.75 Å². The van der Waals surface area contributed by atoms with Gasteiger partial charge in [-0.15, -0.1) is 0 Å². The fourth-order valence-corrected chi connectivity index (χ4v) is 1.75. The van der Waals surface area contributed by atoms with Crippen molar-refractivity contribution in [3.05, 3.63) is 18.2 Å². The van der Waals surface area contributed by atoms with E-state index in [-0.39, 0.29) is 5.75 Å². The molecule has 0 amide bonds. The zero-order valence-corrected chi connectivity index (χ0v) is 7.12. The van der Waals surface area contributed by atoms with E-state index in [2.05, 4.69) is 0 Å². The van der Waals surface area contributed by atoms with Crippen molar-refractivity contribution in [2.45, 2.75) is 25.0 Å². The summed E-state index contributed by atoms with van der Waals surface area (Å²) in [6.45, 7) is 0. The first kappa shape index (κ1) is 7.06. The smallest absolute Gasteiger partial charge is 0.251 e. The van der Waals surface area contributed by atoms with Gasteiger partial charge in [0.25, 0.3) is 5.79 Å². The number of ether oxygens (including phenoxy) is 2. The van der Waals surface area contributed by atoms with Crippen LogP contribution in [0.25, 0.3) is 0 Å². The quantitative estimate of drug-likeness (QED) is 0.660. The van der Waals surface area contributed by atoms with E-state index in [1.54, 1.807) is 18.2 Å². The van der Waals surface area contributed by atoms with Crippen molar-refractivity contribution in [3.8, 4) is 17.2 Å². The van der Waals surface area contributed by atoms with Crippen molar-refractivity contribution >= 4 is 0 Å². The summed E-state index contributed by atoms with van der Waals surface area (Å²) in [5.41, 5.74) is 0. The van der Waals surface area contributed by atoms with Crippen molar-refractivity contribution in [2.24, 2.45) is 0 Å². The van der Waals surface area contributed by atoms with Gasteiger partial charge in [-0.3, -0.25) is 0 Å². The molecule has 1 fully saturated rings. The Kier molecular flexibility index (Phi) is 1.14. The van der Waals surface area contributed by atoms with Crippen molar-refractivity contribution in [2.75, 3.05) is 0 Å². The van der Waals surface area contributed by atoms with E-state index in [0.717, 1.165) is 25.0 Å². The lowest BCUT2D eigenvalue weighted by molar-refractivity contribution is -0.138. The van der Waals surface area contributed by atoms with E-state index in [1.165, 1.54) is 0 Å². The molecule has 1 aliphatic carbocycles. The molecule has 2 aliphatic rings. The molecule has 3 heteroatoms. The lowest BCUT2D eigenvalue weighted by Crippen LogP contribution is -2.45. The van der Waals surface area contributed by atoms with Gasteiger partial charge in [-0.2, -0.15) is 0 Å². The van der Waals surface area contributed by atoms with E-state index < -0.39 is 5.79 Å². The molecule has 1 heterocycles. The standard InChI is InChI=1S/C10H10O3/c11-7-2-3-8-9(6-7)13-10(12-8)4-1-5-10/h2-3,6,11H,1,4-5H2. The zero-order valence-electron chi connectivity index (χ0n) is 7.12. The van der Waals surface area contributed by atoms with Crippen LogP contribution in [0.4, 0.5) is 0 Å². The monoisotopic (exact) mass is 178 g/mol. The first-order valence-electron chi connectivity index (χ1n) is 4.49. The molecule has 0 saturated heterocycles. The first-order chi connectivity index (χ1) is 6.27. The topological polar surface area (TPSA) is 38.7 Å². The van der Waals surface area contributed by atoms with Crippen LogP contribution < -0.4 is 9.47 Å². The number of rotatable bonds is 0. The van der Waals surface area contributed by atoms with Crippen molar-refractivity contribution in [1.82, 2.24) is 0 Å². The average Bonchev–Trinajstić information content (AvgIpc) is 2.41. The Morgan fingerprint density at radius 1 is 1.15 bits per heavy atom. The summed E-state index contributed by atoms with van der Waals surface area (Å²) in [6.07, 6.45) is 3.05. The Morgan fingerprint density at radius 2 is 1.92 bits per heavy atom. The Labute approximate surface area is 75.9 Å². The number of aromatic hydroxyl groups is 1. The van der Waals surface area contributed by atoms with Gasteiger partial charge in [-0.05, 0) is 18.6 Å². The fourth-order valence-electron chi connectivity index (χ4n) is 1.75. The van der Waals surface area contributed by atoms with Gasteiger partial charge in [0.15, 0.2) is 11.5 Å². The van der Waals surface area contributed by atoms with Gasteiger partial charge >= 0.3 is 0 Å². The van der Waals surface area contributed by atoms with E-state index in [0.29, 0.717) is 5.75 Å². The number of hydrogen-bond donors (Lipinski definition) is 1.